The second-order valence-corrected chi connectivity index (χ2v) is 13.6. The Balaban J connectivity index is 1.55. The van der Waals surface area contributed by atoms with Gasteiger partial charge in [0.2, 0.25) is 0 Å². The largest absolute Gasteiger partial charge is 0.481 e. The van der Waals surface area contributed by atoms with Crippen molar-refractivity contribution in [1.82, 2.24) is 14.6 Å². The molecule has 5 rings (SSSR count). The van der Waals surface area contributed by atoms with Gasteiger partial charge in [-0.05, 0) is 87.1 Å². The molecule has 0 spiro atoms. The summed E-state index contributed by atoms with van der Waals surface area (Å²) < 4.78 is 6.86. The van der Waals surface area contributed by atoms with E-state index in [4.69, 9.17) is 0 Å². The van der Waals surface area contributed by atoms with Crippen molar-refractivity contribution in [2.24, 2.45) is 11.8 Å². The number of amides is 1. The molecule has 2 aromatic heterocycles. The maximum atomic E-state index is 13.5. The number of carbonyl (C=O) groups excluding carboxylic acids is 1. The maximum absolute atomic E-state index is 13.5. The zero-order chi connectivity index (χ0) is 29.5. The molecule has 1 aromatic carbocycles. The molecule has 7 nitrogen and oxygen atoms in total. The number of rotatable bonds is 8. The monoisotopic (exact) mass is 559 g/mol. The third-order valence-corrected chi connectivity index (χ3v) is 9.19. The minimum Gasteiger partial charge on any atom is -0.481 e. The van der Waals surface area contributed by atoms with E-state index < -0.39 is 5.97 Å². The van der Waals surface area contributed by atoms with Crippen molar-refractivity contribution < 1.29 is 19.4 Å². The lowest BCUT2D eigenvalue weighted by molar-refractivity contribution is -0.783. The van der Waals surface area contributed by atoms with Gasteiger partial charge in [-0.1, -0.05) is 46.1 Å². The van der Waals surface area contributed by atoms with Gasteiger partial charge in [0, 0.05) is 30.0 Å². The number of nitrogens with zero attached hydrogens (tertiary/aromatic N) is 3. The van der Waals surface area contributed by atoms with Gasteiger partial charge >= 0.3 is 5.97 Å². The molecule has 0 atom stereocenters. The van der Waals surface area contributed by atoms with E-state index in [9.17, 15) is 14.7 Å². The highest BCUT2D eigenvalue weighted by Crippen LogP contribution is 2.36. The van der Waals surface area contributed by atoms with Crippen molar-refractivity contribution in [3.05, 3.63) is 59.5 Å². The van der Waals surface area contributed by atoms with Crippen LogP contribution in [-0.2, 0) is 16.8 Å². The average Bonchev–Trinajstić information content (AvgIpc) is 3.51. The number of hydrogen-bond acceptors (Lipinski definition) is 2. The quantitative estimate of drug-likeness (QED) is 0.306. The molecular formula is C34H47N4O3+. The van der Waals surface area contributed by atoms with Gasteiger partial charge in [-0.25, -0.2) is 0 Å². The summed E-state index contributed by atoms with van der Waals surface area (Å²) in [7, 11) is 0. The summed E-state index contributed by atoms with van der Waals surface area (Å²) in [6, 6.07) is 11.1. The Morgan fingerprint density at radius 3 is 2.44 bits per heavy atom. The Morgan fingerprint density at radius 1 is 1.10 bits per heavy atom. The van der Waals surface area contributed by atoms with E-state index >= 15 is 0 Å². The van der Waals surface area contributed by atoms with Crippen LogP contribution in [0.25, 0.3) is 16.9 Å². The number of aromatic nitrogens is 3. The number of carbonyl (C=O) groups is 2. The molecule has 2 aliphatic carbocycles. The summed E-state index contributed by atoms with van der Waals surface area (Å²) in [6.07, 6.45) is 11.6. The summed E-state index contributed by atoms with van der Waals surface area (Å²) in [5.74, 6) is -0.613. The first kappa shape index (κ1) is 29.2. The second-order valence-electron chi connectivity index (χ2n) is 13.6. The van der Waals surface area contributed by atoms with Crippen LogP contribution in [-0.4, -0.2) is 32.3 Å². The van der Waals surface area contributed by atoms with Gasteiger partial charge in [0.05, 0.1) is 17.7 Å². The minimum atomic E-state index is -0.774. The molecule has 1 amide bonds. The van der Waals surface area contributed by atoms with Crippen molar-refractivity contribution in [3.8, 4) is 16.9 Å². The van der Waals surface area contributed by atoms with E-state index in [1.807, 2.05) is 0 Å². The highest BCUT2D eigenvalue weighted by Gasteiger charge is 2.36. The van der Waals surface area contributed by atoms with Crippen LogP contribution in [0.15, 0.2) is 42.7 Å². The maximum Gasteiger partial charge on any atom is 0.306 e. The van der Waals surface area contributed by atoms with Gasteiger partial charge in [0.15, 0.2) is 12.2 Å². The molecule has 2 N–H and O–H groups in total. The molecule has 2 heterocycles. The summed E-state index contributed by atoms with van der Waals surface area (Å²) in [5, 5.41) is 12.4. The van der Waals surface area contributed by atoms with Crippen molar-refractivity contribution in [1.29, 1.82) is 0 Å². The fraction of sp³-hybridized carbons (Fsp3) is 0.559. The highest BCUT2D eigenvalue weighted by atomic mass is 16.4. The van der Waals surface area contributed by atoms with Crippen molar-refractivity contribution in [2.45, 2.75) is 111 Å². The Morgan fingerprint density at radius 2 is 1.80 bits per heavy atom. The molecule has 0 saturated heterocycles. The normalized spacial score (nSPS) is 19.8. The molecule has 0 aliphatic heterocycles. The van der Waals surface area contributed by atoms with Crippen LogP contribution < -0.4 is 10.00 Å². The predicted octanol–water partition coefficient (Wildman–Crippen LogP) is 6.59. The molecule has 7 heteroatoms. The van der Waals surface area contributed by atoms with Crippen LogP contribution in [0.1, 0.15) is 107 Å². The van der Waals surface area contributed by atoms with Gasteiger partial charge in [-0.2, -0.15) is 0 Å². The number of aliphatic carboxylic acids is 1. The van der Waals surface area contributed by atoms with Crippen LogP contribution in [0.2, 0.25) is 0 Å². The summed E-state index contributed by atoms with van der Waals surface area (Å²) in [4.78, 5) is 24.8. The highest BCUT2D eigenvalue weighted by molar-refractivity contribution is 5.97. The topological polar surface area (TPSA) is 80.1 Å². The first-order valence-electron chi connectivity index (χ1n) is 15.4. The lowest BCUT2D eigenvalue weighted by Crippen LogP contribution is -2.46. The van der Waals surface area contributed by atoms with E-state index in [1.165, 1.54) is 37.7 Å². The van der Waals surface area contributed by atoms with E-state index in [2.05, 4.69) is 104 Å². The molecule has 0 bridgehead atoms. The zero-order valence-electron chi connectivity index (χ0n) is 25.6. The Hall–Kier alpha value is -3.35. The van der Waals surface area contributed by atoms with Crippen LogP contribution in [0.4, 0.5) is 0 Å². The second kappa shape index (κ2) is 11.5. The van der Waals surface area contributed by atoms with Gasteiger partial charge in [0.1, 0.15) is 5.69 Å². The fourth-order valence-corrected chi connectivity index (χ4v) is 6.66. The Kier molecular flexibility index (Phi) is 8.18. The zero-order valence-corrected chi connectivity index (χ0v) is 25.6. The standard InChI is InChI=1S/C34H46N4O3/c1-22(2)37-15-10-16-38(37)30-14-13-25(19-29(30)34(4,5)6)31-20-28(32(39)35-27-17-26(18-27)33(40)41)23(3)36(31)21-24-11-8-7-9-12-24/h10,13-16,19-20,22,24,26-27H,7-9,11-12,17-18,21H2,1-6H3,(H-,35,39,40,41)/p+1. The third-order valence-electron chi connectivity index (χ3n) is 9.19. The number of nitrogens with one attached hydrogen (secondary N) is 1. The molecular weight excluding hydrogens is 512 g/mol. The molecule has 0 unspecified atom stereocenters. The van der Waals surface area contributed by atoms with E-state index in [1.54, 1.807) is 0 Å². The number of carboxylic acid groups (broad SMARTS) is 1. The molecule has 2 aliphatic rings. The number of carboxylic acids is 1. The molecule has 220 valence electrons. The SMILES string of the molecule is Cc1c(C(=O)NC2CC(C(=O)O)C2)cc(-c2ccc(-n3ccc[n+]3C(C)C)c(C(C)(C)C)c2)n1CC1CCCCC1. The summed E-state index contributed by atoms with van der Waals surface area (Å²) in [6.45, 7) is 14.1. The predicted molar refractivity (Wildman–Crippen MR) is 161 cm³/mol. The number of benzene rings is 1. The lowest BCUT2D eigenvalue weighted by atomic mass is 9.80. The molecule has 2 fully saturated rings. The van der Waals surface area contributed by atoms with E-state index in [0.29, 0.717) is 30.4 Å². The molecule has 3 aromatic rings. The number of hydrogen-bond donors (Lipinski definition) is 2. The van der Waals surface area contributed by atoms with Gasteiger partial charge < -0.3 is 15.0 Å². The van der Waals surface area contributed by atoms with Crippen LogP contribution >= 0.6 is 0 Å². The van der Waals surface area contributed by atoms with Crippen molar-refractivity contribution in [3.63, 3.8) is 0 Å². The first-order valence-corrected chi connectivity index (χ1v) is 15.4. The van der Waals surface area contributed by atoms with Crippen molar-refractivity contribution >= 4 is 11.9 Å². The average molecular weight is 560 g/mol. The van der Waals surface area contributed by atoms with Crippen molar-refractivity contribution in [2.75, 3.05) is 0 Å². The smallest absolute Gasteiger partial charge is 0.306 e. The van der Waals surface area contributed by atoms with Gasteiger partial charge in [0.25, 0.3) is 5.91 Å². The molecule has 41 heavy (non-hydrogen) atoms. The van der Waals surface area contributed by atoms with Gasteiger partial charge in [-0.3, -0.25) is 9.59 Å². The molecule has 2 saturated carbocycles. The van der Waals surface area contributed by atoms with Crippen LogP contribution in [0.3, 0.4) is 0 Å². The summed E-state index contributed by atoms with van der Waals surface area (Å²) >= 11 is 0. The van der Waals surface area contributed by atoms with Crippen LogP contribution in [0.5, 0.6) is 0 Å². The Bertz CT molecular complexity index is 1410. The lowest BCUT2D eigenvalue weighted by Gasteiger charge is -2.32. The van der Waals surface area contributed by atoms with Crippen LogP contribution in [0, 0.1) is 18.8 Å². The Labute approximate surface area is 244 Å². The van der Waals surface area contributed by atoms with E-state index in [-0.39, 0.29) is 23.3 Å². The molecule has 0 radical (unpaired) electrons. The third kappa shape index (κ3) is 6.00. The fourth-order valence-electron chi connectivity index (χ4n) is 6.66. The minimum absolute atomic E-state index is 0.0749. The summed E-state index contributed by atoms with van der Waals surface area (Å²) in [5.41, 5.74) is 6.21. The first-order chi connectivity index (χ1) is 19.4. The van der Waals surface area contributed by atoms with E-state index in [0.717, 1.165) is 29.2 Å². The van der Waals surface area contributed by atoms with Gasteiger partial charge in [-0.15, -0.1) is 9.36 Å².